The lowest BCUT2D eigenvalue weighted by molar-refractivity contribution is 0.600. The molecule has 1 N–H and O–H groups in total. The lowest BCUT2D eigenvalue weighted by Gasteiger charge is -2.11. The summed E-state index contributed by atoms with van der Waals surface area (Å²) in [4.78, 5) is 4.86. The van der Waals surface area contributed by atoms with Crippen molar-refractivity contribution in [3.8, 4) is 0 Å². The van der Waals surface area contributed by atoms with Crippen LogP contribution >= 0.6 is 23.1 Å². The minimum atomic E-state index is -3.60. The van der Waals surface area contributed by atoms with Gasteiger partial charge in [0.15, 0.2) is 4.34 Å². The molecular weight excluding hydrogens is 360 g/mol. The van der Waals surface area contributed by atoms with Crippen LogP contribution in [0.5, 0.6) is 0 Å². The van der Waals surface area contributed by atoms with Crippen LogP contribution in [0.15, 0.2) is 51.7 Å². The van der Waals surface area contributed by atoms with Crippen molar-refractivity contribution in [3.63, 3.8) is 0 Å². The molecule has 0 spiro atoms. The molecule has 2 aromatic carbocycles. The summed E-state index contributed by atoms with van der Waals surface area (Å²) in [5.41, 5.74) is 2.27. The molecule has 0 saturated carbocycles. The maximum atomic E-state index is 12.7. The number of benzene rings is 2. The Hall–Kier alpha value is -1.57. The number of aromatic nitrogens is 1. The SMILES string of the molecule is CCSc1nc2ccc(NS(=O)(=O)c3ccccc3CC)cc2s1. The molecule has 0 radical (unpaired) electrons. The number of rotatable bonds is 6. The van der Waals surface area contributed by atoms with Gasteiger partial charge < -0.3 is 0 Å². The second-order valence-electron chi connectivity index (χ2n) is 5.16. The summed E-state index contributed by atoms with van der Waals surface area (Å²) in [6.45, 7) is 4.03. The molecule has 1 heterocycles. The molecule has 3 aromatic rings. The molecule has 0 aliphatic heterocycles. The van der Waals surface area contributed by atoms with Crippen LogP contribution in [0.2, 0.25) is 0 Å². The van der Waals surface area contributed by atoms with Gasteiger partial charge in [0.2, 0.25) is 0 Å². The normalized spacial score (nSPS) is 11.8. The molecule has 0 aliphatic rings. The minimum absolute atomic E-state index is 0.333. The average molecular weight is 379 g/mol. The Labute approximate surface area is 150 Å². The van der Waals surface area contributed by atoms with Crippen LogP contribution < -0.4 is 4.72 Å². The van der Waals surface area contributed by atoms with E-state index in [4.69, 9.17) is 0 Å². The van der Waals surface area contributed by atoms with E-state index < -0.39 is 10.0 Å². The molecule has 0 atom stereocenters. The van der Waals surface area contributed by atoms with Crippen molar-refractivity contribution >= 4 is 49.0 Å². The van der Waals surface area contributed by atoms with E-state index >= 15 is 0 Å². The fourth-order valence-corrected chi connectivity index (χ4v) is 5.79. The van der Waals surface area contributed by atoms with Crippen molar-refractivity contribution in [2.75, 3.05) is 10.5 Å². The van der Waals surface area contributed by atoms with E-state index in [-0.39, 0.29) is 0 Å². The van der Waals surface area contributed by atoms with Gasteiger partial charge in [0.1, 0.15) is 0 Å². The number of thioether (sulfide) groups is 1. The topological polar surface area (TPSA) is 59.1 Å². The highest BCUT2D eigenvalue weighted by atomic mass is 32.2. The van der Waals surface area contributed by atoms with Crippen LogP contribution in [0.3, 0.4) is 0 Å². The van der Waals surface area contributed by atoms with E-state index in [1.165, 1.54) is 0 Å². The summed E-state index contributed by atoms with van der Waals surface area (Å²) in [6, 6.07) is 12.5. The van der Waals surface area contributed by atoms with E-state index in [0.29, 0.717) is 17.0 Å². The number of hydrogen-bond acceptors (Lipinski definition) is 5. The summed E-state index contributed by atoms with van der Waals surface area (Å²) in [7, 11) is -3.60. The number of nitrogens with one attached hydrogen (secondary N) is 1. The molecule has 24 heavy (non-hydrogen) atoms. The Kier molecular flexibility index (Phi) is 5.12. The maximum absolute atomic E-state index is 12.7. The van der Waals surface area contributed by atoms with Crippen LogP contribution in [0.25, 0.3) is 10.2 Å². The van der Waals surface area contributed by atoms with E-state index in [0.717, 1.165) is 25.9 Å². The highest BCUT2D eigenvalue weighted by Crippen LogP contribution is 2.31. The molecule has 7 heteroatoms. The van der Waals surface area contributed by atoms with Crippen LogP contribution in [-0.4, -0.2) is 19.2 Å². The van der Waals surface area contributed by atoms with Crippen LogP contribution in [0, 0.1) is 0 Å². The largest absolute Gasteiger partial charge is 0.280 e. The number of hydrogen-bond donors (Lipinski definition) is 1. The first-order chi connectivity index (χ1) is 11.5. The number of thiazole rings is 1. The smallest absolute Gasteiger partial charge is 0.262 e. The molecule has 0 amide bonds. The molecule has 126 valence electrons. The lowest BCUT2D eigenvalue weighted by Crippen LogP contribution is -2.14. The van der Waals surface area contributed by atoms with E-state index in [1.807, 2.05) is 31.2 Å². The summed E-state index contributed by atoms with van der Waals surface area (Å²) in [6.07, 6.45) is 0.669. The van der Waals surface area contributed by atoms with Crippen LogP contribution in [-0.2, 0) is 16.4 Å². The molecule has 0 bridgehead atoms. The number of nitrogens with zero attached hydrogens (tertiary/aromatic N) is 1. The highest BCUT2D eigenvalue weighted by molar-refractivity contribution is 8.01. The highest BCUT2D eigenvalue weighted by Gasteiger charge is 2.18. The van der Waals surface area contributed by atoms with Crippen LogP contribution in [0.4, 0.5) is 5.69 Å². The predicted octanol–water partition coefficient (Wildman–Crippen LogP) is 4.77. The van der Waals surface area contributed by atoms with Crippen molar-refractivity contribution < 1.29 is 8.42 Å². The van der Waals surface area contributed by atoms with Crippen LogP contribution in [0.1, 0.15) is 19.4 Å². The van der Waals surface area contributed by atoms with Gasteiger partial charge in [-0.3, -0.25) is 4.72 Å². The third-order valence-corrected chi connectivity index (χ3v) is 7.06. The Balaban J connectivity index is 1.93. The monoisotopic (exact) mass is 378 g/mol. The summed E-state index contributed by atoms with van der Waals surface area (Å²) >= 11 is 3.27. The zero-order valence-corrected chi connectivity index (χ0v) is 15.9. The number of fused-ring (bicyclic) bond motifs is 1. The molecule has 1 aromatic heterocycles. The maximum Gasteiger partial charge on any atom is 0.262 e. The van der Waals surface area contributed by atoms with Gasteiger partial charge in [0.25, 0.3) is 10.0 Å². The van der Waals surface area contributed by atoms with Crippen molar-refractivity contribution in [2.24, 2.45) is 0 Å². The zero-order valence-electron chi connectivity index (χ0n) is 13.4. The quantitative estimate of drug-likeness (QED) is 0.628. The van der Waals surface area contributed by atoms with Crippen molar-refractivity contribution in [3.05, 3.63) is 48.0 Å². The van der Waals surface area contributed by atoms with Gasteiger partial charge in [-0.25, -0.2) is 13.4 Å². The fourth-order valence-electron chi connectivity index (χ4n) is 2.42. The first-order valence-corrected chi connectivity index (χ1v) is 11.0. The third kappa shape index (κ3) is 3.58. The number of sulfonamides is 1. The van der Waals surface area contributed by atoms with Gasteiger partial charge in [-0.15, -0.1) is 11.3 Å². The molecule has 3 rings (SSSR count). The molecule has 0 fully saturated rings. The van der Waals surface area contributed by atoms with Gasteiger partial charge in [-0.05, 0) is 42.0 Å². The molecular formula is C17H18N2O2S3. The molecule has 0 aliphatic carbocycles. The lowest BCUT2D eigenvalue weighted by atomic mass is 10.2. The van der Waals surface area contributed by atoms with Gasteiger partial charge in [0.05, 0.1) is 20.8 Å². The van der Waals surface area contributed by atoms with E-state index in [9.17, 15) is 8.42 Å². The Bertz CT molecular complexity index is 965. The minimum Gasteiger partial charge on any atom is -0.280 e. The molecule has 0 unspecified atom stereocenters. The number of anilines is 1. The first-order valence-electron chi connectivity index (χ1n) is 7.67. The van der Waals surface area contributed by atoms with Crippen molar-refractivity contribution in [2.45, 2.75) is 29.5 Å². The van der Waals surface area contributed by atoms with Crippen molar-refractivity contribution in [1.82, 2.24) is 4.98 Å². The zero-order chi connectivity index (χ0) is 17.2. The second kappa shape index (κ2) is 7.13. The first kappa shape index (κ1) is 17.3. The fraction of sp³-hybridized carbons (Fsp3) is 0.235. The predicted molar refractivity (Wildman–Crippen MR) is 103 cm³/mol. The average Bonchev–Trinajstić information content (AvgIpc) is 2.96. The standard InChI is InChI=1S/C17H18N2O2S3/c1-3-12-7-5-6-8-16(12)24(20,21)19-13-9-10-14-15(11-13)23-17(18-14)22-4-2/h5-11,19H,3-4H2,1-2H3. The van der Waals surface area contributed by atoms with Gasteiger partial charge in [0, 0.05) is 0 Å². The second-order valence-corrected chi connectivity index (χ2v) is 9.35. The van der Waals surface area contributed by atoms with E-state index in [1.54, 1.807) is 41.3 Å². The number of aryl methyl sites for hydroxylation is 1. The van der Waals surface area contributed by atoms with Gasteiger partial charge in [-0.2, -0.15) is 0 Å². The third-order valence-electron chi connectivity index (χ3n) is 3.53. The Morgan fingerprint density at radius 2 is 1.96 bits per heavy atom. The Morgan fingerprint density at radius 3 is 2.71 bits per heavy atom. The van der Waals surface area contributed by atoms with Gasteiger partial charge in [-0.1, -0.05) is 43.8 Å². The molecule has 0 saturated heterocycles. The Morgan fingerprint density at radius 1 is 1.17 bits per heavy atom. The summed E-state index contributed by atoms with van der Waals surface area (Å²) < 4.78 is 30.1. The van der Waals surface area contributed by atoms with Gasteiger partial charge >= 0.3 is 0 Å². The molecule has 4 nitrogen and oxygen atoms in total. The summed E-state index contributed by atoms with van der Waals surface area (Å²) in [5, 5.41) is 0. The summed E-state index contributed by atoms with van der Waals surface area (Å²) in [5.74, 6) is 0.965. The van der Waals surface area contributed by atoms with Crippen molar-refractivity contribution in [1.29, 1.82) is 0 Å². The van der Waals surface area contributed by atoms with E-state index in [2.05, 4.69) is 16.6 Å².